The zero-order valence-corrected chi connectivity index (χ0v) is 18.3. The smallest absolute Gasteiger partial charge is 0.225 e. The van der Waals surface area contributed by atoms with Crippen LogP contribution >= 0.6 is 11.6 Å². The van der Waals surface area contributed by atoms with Gasteiger partial charge in [0.15, 0.2) is 11.6 Å². The Kier molecular flexibility index (Phi) is 5.11. The molecule has 29 heavy (non-hydrogen) atoms. The summed E-state index contributed by atoms with van der Waals surface area (Å²) in [5.41, 5.74) is 4.70. The summed E-state index contributed by atoms with van der Waals surface area (Å²) < 4.78 is 0. The number of carbonyl (C=O) groups excluding carboxylic acids is 1. The van der Waals surface area contributed by atoms with Crippen molar-refractivity contribution in [1.82, 2.24) is 24.9 Å². The Balaban J connectivity index is 1.75. The number of ketones is 1. The summed E-state index contributed by atoms with van der Waals surface area (Å²) in [7, 11) is 0. The number of aromatic nitrogens is 4. The number of hydrogen-bond donors (Lipinski definition) is 1. The van der Waals surface area contributed by atoms with Crippen molar-refractivity contribution in [3.05, 3.63) is 11.6 Å². The van der Waals surface area contributed by atoms with Crippen molar-refractivity contribution >= 4 is 40.1 Å². The summed E-state index contributed by atoms with van der Waals surface area (Å²) >= 11 is 6.29. The second kappa shape index (κ2) is 7.32. The number of piperidine rings is 2. The van der Waals surface area contributed by atoms with E-state index in [0.717, 1.165) is 12.8 Å². The predicted octanol–water partition coefficient (Wildman–Crippen LogP) is 3.61. The van der Waals surface area contributed by atoms with Crippen molar-refractivity contribution < 1.29 is 4.79 Å². The van der Waals surface area contributed by atoms with Crippen molar-refractivity contribution in [1.29, 1.82) is 0 Å². The fraction of sp³-hybridized carbons (Fsp3) is 0.650. The molecule has 0 unspecified atom stereocenters. The summed E-state index contributed by atoms with van der Waals surface area (Å²) in [5, 5.41) is 2.43. The normalized spacial score (nSPS) is 22.1. The molecule has 0 bridgehead atoms. The van der Waals surface area contributed by atoms with Gasteiger partial charge in [-0.3, -0.25) is 4.79 Å². The number of halogens is 1. The highest BCUT2D eigenvalue weighted by Crippen LogP contribution is 2.39. The van der Waals surface area contributed by atoms with Crippen molar-refractivity contribution in [2.24, 2.45) is 0 Å². The minimum absolute atomic E-state index is 0.0358. The fourth-order valence-electron chi connectivity index (χ4n) is 4.58. The lowest BCUT2D eigenvalue weighted by atomic mass is 9.81. The molecule has 4 rings (SSSR count). The maximum Gasteiger partial charge on any atom is 0.225 e. The number of hydrogen-bond acceptors (Lipinski definition) is 8. The molecule has 2 saturated heterocycles. The molecule has 2 aliphatic heterocycles. The van der Waals surface area contributed by atoms with Gasteiger partial charge in [-0.15, -0.1) is 0 Å². The van der Waals surface area contributed by atoms with Gasteiger partial charge in [-0.25, -0.2) is 20.0 Å². The molecule has 2 aromatic heterocycles. The second-order valence-corrected chi connectivity index (χ2v) is 9.53. The Labute approximate surface area is 176 Å². The van der Waals surface area contributed by atoms with Crippen LogP contribution < -0.4 is 10.3 Å². The highest BCUT2D eigenvalue weighted by atomic mass is 35.5. The van der Waals surface area contributed by atoms with E-state index in [0.29, 0.717) is 48.6 Å². The van der Waals surface area contributed by atoms with Gasteiger partial charge in [-0.1, -0.05) is 0 Å². The SMILES string of the molecule is CC1(C)CCCC(C)(C)N1Nc1ncnc2c(N3CCC(=O)CC3)nc(Cl)nc12. The molecular weight excluding hydrogens is 390 g/mol. The molecule has 2 fully saturated rings. The Morgan fingerprint density at radius 1 is 1.00 bits per heavy atom. The van der Waals surface area contributed by atoms with E-state index in [1.54, 1.807) is 0 Å². The minimum atomic E-state index is -0.0358. The molecule has 8 nitrogen and oxygen atoms in total. The zero-order valence-electron chi connectivity index (χ0n) is 17.5. The molecule has 156 valence electrons. The van der Waals surface area contributed by atoms with Gasteiger partial charge in [-0.05, 0) is 58.6 Å². The first kappa shape index (κ1) is 20.2. The zero-order chi connectivity index (χ0) is 20.8. The summed E-state index contributed by atoms with van der Waals surface area (Å²) in [6, 6.07) is 0. The van der Waals surface area contributed by atoms with E-state index in [4.69, 9.17) is 11.6 Å². The van der Waals surface area contributed by atoms with E-state index in [1.807, 2.05) is 0 Å². The van der Waals surface area contributed by atoms with Gasteiger partial charge in [0.05, 0.1) is 0 Å². The van der Waals surface area contributed by atoms with Gasteiger partial charge in [0.25, 0.3) is 0 Å². The lowest BCUT2D eigenvalue weighted by molar-refractivity contribution is -0.119. The summed E-state index contributed by atoms with van der Waals surface area (Å²) in [4.78, 5) is 31.5. The summed E-state index contributed by atoms with van der Waals surface area (Å²) in [5.74, 6) is 1.56. The second-order valence-electron chi connectivity index (χ2n) is 9.19. The van der Waals surface area contributed by atoms with Crippen LogP contribution in [0.5, 0.6) is 0 Å². The third-order valence-corrected chi connectivity index (χ3v) is 6.23. The third kappa shape index (κ3) is 3.88. The summed E-state index contributed by atoms with van der Waals surface area (Å²) in [6.07, 6.45) is 5.93. The molecular formula is C20H28ClN7O. The quantitative estimate of drug-likeness (QED) is 0.757. The molecule has 0 spiro atoms. The Morgan fingerprint density at radius 3 is 2.31 bits per heavy atom. The monoisotopic (exact) mass is 417 g/mol. The van der Waals surface area contributed by atoms with E-state index in [9.17, 15) is 4.79 Å². The van der Waals surface area contributed by atoms with Crippen LogP contribution in [0.1, 0.15) is 59.8 Å². The number of rotatable bonds is 3. The topological polar surface area (TPSA) is 87.1 Å². The molecule has 9 heteroatoms. The van der Waals surface area contributed by atoms with E-state index >= 15 is 0 Å². The number of fused-ring (bicyclic) bond motifs is 1. The average molecular weight is 418 g/mol. The van der Waals surface area contributed by atoms with Crippen LogP contribution in [-0.4, -0.2) is 54.9 Å². The highest BCUT2D eigenvalue weighted by molar-refractivity contribution is 6.29. The summed E-state index contributed by atoms with van der Waals surface area (Å²) in [6.45, 7) is 10.2. The van der Waals surface area contributed by atoms with Crippen molar-refractivity contribution in [3.63, 3.8) is 0 Å². The van der Waals surface area contributed by atoms with Gasteiger partial charge in [0, 0.05) is 37.0 Å². The highest BCUT2D eigenvalue weighted by Gasteiger charge is 2.42. The molecule has 4 heterocycles. The van der Waals surface area contributed by atoms with E-state index in [2.05, 4.69) is 63.0 Å². The van der Waals surface area contributed by atoms with Gasteiger partial charge < -0.3 is 10.3 Å². The first-order chi connectivity index (χ1) is 13.7. The molecule has 0 radical (unpaired) electrons. The number of anilines is 2. The van der Waals surface area contributed by atoms with Crippen LogP contribution in [0.4, 0.5) is 11.6 Å². The molecule has 1 N–H and O–H groups in total. The van der Waals surface area contributed by atoms with Crippen LogP contribution in [0.2, 0.25) is 5.28 Å². The lowest BCUT2D eigenvalue weighted by Gasteiger charge is -2.52. The standard InChI is InChI=1S/C20H28ClN7O/c1-19(2)8-5-9-20(3,4)28(19)26-16-14-15(22-12-23-16)17(25-18(21)24-14)27-10-6-13(29)7-11-27/h12H,5-11H2,1-4H3,(H,22,23,26). The van der Waals surface area contributed by atoms with Crippen LogP contribution in [-0.2, 0) is 4.79 Å². The van der Waals surface area contributed by atoms with Crippen LogP contribution in [0, 0.1) is 0 Å². The van der Waals surface area contributed by atoms with Crippen LogP contribution in [0.3, 0.4) is 0 Å². The molecule has 2 aromatic rings. The largest absolute Gasteiger partial charge is 0.354 e. The van der Waals surface area contributed by atoms with Crippen molar-refractivity contribution in [2.75, 3.05) is 23.4 Å². The number of hydrazine groups is 1. The molecule has 0 aliphatic carbocycles. The molecule has 0 amide bonds. The van der Waals surface area contributed by atoms with E-state index in [1.165, 1.54) is 12.7 Å². The van der Waals surface area contributed by atoms with Gasteiger partial charge in [-0.2, -0.15) is 4.98 Å². The van der Waals surface area contributed by atoms with Gasteiger partial charge >= 0.3 is 0 Å². The average Bonchev–Trinajstić information content (AvgIpc) is 2.64. The number of carbonyl (C=O) groups is 1. The van der Waals surface area contributed by atoms with Crippen LogP contribution in [0.15, 0.2) is 6.33 Å². The van der Waals surface area contributed by atoms with E-state index < -0.39 is 0 Å². The van der Waals surface area contributed by atoms with Gasteiger partial charge in [0.2, 0.25) is 5.28 Å². The fourth-order valence-corrected chi connectivity index (χ4v) is 4.75. The first-order valence-corrected chi connectivity index (χ1v) is 10.6. The Morgan fingerprint density at radius 2 is 1.66 bits per heavy atom. The number of nitrogens with one attached hydrogen (secondary N) is 1. The van der Waals surface area contributed by atoms with Crippen molar-refractivity contribution in [3.8, 4) is 0 Å². The lowest BCUT2D eigenvalue weighted by Crippen LogP contribution is -2.61. The maximum atomic E-state index is 11.6. The maximum absolute atomic E-state index is 11.6. The molecule has 0 aromatic carbocycles. The first-order valence-electron chi connectivity index (χ1n) is 10.2. The Bertz CT molecular complexity index is 920. The van der Waals surface area contributed by atoms with Crippen molar-refractivity contribution in [2.45, 2.75) is 70.9 Å². The Hall–Kier alpha value is -2.06. The minimum Gasteiger partial charge on any atom is -0.354 e. The van der Waals surface area contributed by atoms with Gasteiger partial charge in [0.1, 0.15) is 23.1 Å². The molecule has 0 saturated carbocycles. The van der Waals surface area contributed by atoms with Crippen LogP contribution in [0.25, 0.3) is 11.0 Å². The predicted molar refractivity (Wildman–Crippen MR) is 114 cm³/mol. The third-order valence-electron chi connectivity index (χ3n) is 6.06. The molecule has 2 aliphatic rings. The van der Waals surface area contributed by atoms with E-state index in [-0.39, 0.29) is 22.1 Å². The number of Topliss-reactive ketones (excluding diaryl/α,β-unsaturated/α-hetero) is 1. The number of nitrogens with zero attached hydrogens (tertiary/aromatic N) is 6. The molecule has 0 atom stereocenters.